The number of carbonyl (C=O) groups is 3. The molecule has 17 heavy (non-hydrogen) atoms. The first-order chi connectivity index (χ1) is 8.04. The number of carbonyl (C=O) groups excluding carboxylic acids is 2. The van der Waals surface area contributed by atoms with E-state index in [0.717, 1.165) is 0 Å². The summed E-state index contributed by atoms with van der Waals surface area (Å²) >= 11 is 0. The third kappa shape index (κ3) is 3.90. The lowest BCUT2D eigenvalue weighted by Crippen LogP contribution is -2.48. The number of carboxylic acid groups (broad SMARTS) is 1. The number of amides is 2. The molecule has 0 aliphatic carbocycles. The molecular formula is C11H16N2O4. The van der Waals surface area contributed by atoms with Gasteiger partial charge in [0.2, 0.25) is 11.8 Å². The fourth-order valence-electron chi connectivity index (χ4n) is 1.62. The van der Waals surface area contributed by atoms with Crippen LogP contribution >= 0.6 is 0 Å². The molecule has 0 spiro atoms. The van der Waals surface area contributed by atoms with Crippen LogP contribution in [-0.2, 0) is 14.4 Å². The van der Waals surface area contributed by atoms with Crippen molar-refractivity contribution < 1.29 is 19.5 Å². The third-order valence-corrected chi connectivity index (χ3v) is 2.59. The van der Waals surface area contributed by atoms with Crippen molar-refractivity contribution in [2.75, 3.05) is 0 Å². The number of aliphatic carboxylic acids is 1. The van der Waals surface area contributed by atoms with Crippen LogP contribution in [0.3, 0.4) is 0 Å². The average molecular weight is 240 g/mol. The van der Waals surface area contributed by atoms with Crippen molar-refractivity contribution in [1.82, 2.24) is 10.6 Å². The summed E-state index contributed by atoms with van der Waals surface area (Å²) in [5, 5.41) is 13.8. The van der Waals surface area contributed by atoms with Gasteiger partial charge in [-0.15, -0.1) is 6.58 Å². The van der Waals surface area contributed by atoms with E-state index in [0.29, 0.717) is 25.7 Å². The Morgan fingerprint density at radius 3 is 2.82 bits per heavy atom. The van der Waals surface area contributed by atoms with E-state index >= 15 is 0 Å². The quantitative estimate of drug-likeness (QED) is 0.560. The molecule has 0 aromatic carbocycles. The standard InChI is InChI=1S/C11H16N2O4/c1-2-3-4-8(11(16)17)13-10(15)7-5-6-9(14)12-7/h2,7-8H,1,3-6H2,(H,12,14)(H,13,15)(H,16,17)/t7-,8+/m0/s1. The highest BCUT2D eigenvalue weighted by molar-refractivity contribution is 5.92. The Morgan fingerprint density at radius 1 is 1.65 bits per heavy atom. The maximum absolute atomic E-state index is 11.7. The SMILES string of the molecule is C=CCC[C@@H](NC(=O)[C@@H]1CCC(=O)N1)C(=O)O. The minimum absolute atomic E-state index is 0.178. The minimum Gasteiger partial charge on any atom is -0.480 e. The van der Waals surface area contributed by atoms with Gasteiger partial charge in [0.05, 0.1) is 0 Å². The second-order valence-corrected chi connectivity index (χ2v) is 3.92. The molecule has 0 saturated carbocycles. The molecule has 1 heterocycles. The van der Waals surface area contributed by atoms with Gasteiger partial charge in [0, 0.05) is 6.42 Å². The van der Waals surface area contributed by atoms with Gasteiger partial charge >= 0.3 is 5.97 Å². The molecule has 2 atom stereocenters. The molecular weight excluding hydrogens is 224 g/mol. The van der Waals surface area contributed by atoms with Crippen LogP contribution in [0.4, 0.5) is 0 Å². The van der Waals surface area contributed by atoms with Gasteiger partial charge in [0.25, 0.3) is 0 Å². The van der Waals surface area contributed by atoms with Crippen molar-refractivity contribution in [2.45, 2.75) is 37.8 Å². The van der Waals surface area contributed by atoms with Gasteiger partial charge in [-0.2, -0.15) is 0 Å². The van der Waals surface area contributed by atoms with Gasteiger partial charge in [-0.25, -0.2) is 4.79 Å². The van der Waals surface area contributed by atoms with E-state index in [2.05, 4.69) is 17.2 Å². The lowest BCUT2D eigenvalue weighted by atomic mass is 10.1. The summed E-state index contributed by atoms with van der Waals surface area (Å²) in [6.45, 7) is 3.50. The van der Waals surface area contributed by atoms with Crippen molar-refractivity contribution in [1.29, 1.82) is 0 Å². The maximum atomic E-state index is 11.7. The first kappa shape index (κ1) is 13.2. The molecule has 1 rings (SSSR count). The van der Waals surface area contributed by atoms with Crippen molar-refractivity contribution in [2.24, 2.45) is 0 Å². The van der Waals surface area contributed by atoms with Crippen molar-refractivity contribution in [3.05, 3.63) is 12.7 Å². The Kier molecular flexibility index (Phi) is 4.68. The zero-order chi connectivity index (χ0) is 12.8. The summed E-state index contributed by atoms with van der Waals surface area (Å²) in [6.07, 6.45) is 3.12. The fraction of sp³-hybridized carbons (Fsp3) is 0.545. The Morgan fingerprint density at radius 2 is 2.35 bits per heavy atom. The average Bonchev–Trinajstić information content (AvgIpc) is 2.70. The van der Waals surface area contributed by atoms with E-state index in [1.165, 1.54) is 0 Å². The van der Waals surface area contributed by atoms with E-state index < -0.39 is 24.0 Å². The van der Waals surface area contributed by atoms with Crippen LogP contribution in [0.2, 0.25) is 0 Å². The van der Waals surface area contributed by atoms with Crippen LogP contribution in [-0.4, -0.2) is 35.0 Å². The number of nitrogens with one attached hydrogen (secondary N) is 2. The number of carboxylic acids is 1. The molecule has 1 aliphatic heterocycles. The van der Waals surface area contributed by atoms with Crippen molar-refractivity contribution >= 4 is 17.8 Å². The first-order valence-electron chi connectivity index (χ1n) is 5.48. The highest BCUT2D eigenvalue weighted by Crippen LogP contribution is 2.07. The lowest BCUT2D eigenvalue weighted by Gasteiger charge is -2.16. The number of hydrogen-bond acceptors (Lipinski definition) is 3. The number of rotatable bonds is 6. The van der Waals surface area contributed by atoms with Crippen molar-refractivity contribution in [3.8, 4) is 0 Å². The first-order valence-corrected chi connectivity index (χ1v) is 5.48. The second kappa shape index (κ2) is 6.03. The zero-order valence-corrected chi connectivity index (χ0v) is 9.44. The van der Waals surface area contributed by atoms with E-state index in [1.807, 2.05) is 0 Å². The Labute approximate surface area is 99.1 Å². The minimum atomic E-state index is -1.08. The summed E-state index contributed by atoms with van der Waals surface area (Å²) in [5.74, 6) is -1.69. The smallest absolute Gasteiger partial charge is 0.326 e. The third-order valence-electron chi connectivity index (χ3n) is 2.59. The van der Waals surface area contributed by atoms with E-state index in [1.54, 1.807) is 6.08 Å². The van der Waals surface area contributed by atoms with E-state index in [4.69, 9.17) is 5.11 Å². The van der Waals surface area contributed by atoms with E-state index in [9.17, 15) is 14.4 Å². The van der Waals surface area contributed by atoms with Crippen LogP contribution < -0.4 is 10.6 Å². The van der Waals surface area contributed by atoms with Crippen LogP contribution in [0.1, 0.15) is 25.7 Å². The maximum Gasteiger partial charge on any atom is 0.326 e. The predicted octanol–water partition coefficient (Wildman–Crippen LogP) is -0.199. The molecule has 1 saturated heterocycles. The summed E-state index contributed by atoms with van der Waals surface area (Å²) in [7, 11) is 0. The summed E-state index contributed by atoms with van der Waals surface area (Å²) < 4.78 is 0. The Bertz CT molecular complexity index is 340. The monoisotopic (exact) mass is 240 g/mol. The highest BCUT2D eigenvalue weighted by Gasteiger charge is 2.29. The van der Waals surface area contributed by atoms with Gasteiger partial charge < -0.3 is 15.7 Å². The van der Waals surface area contributed by atoms with Gasteiger partial charge in [0.1, 0.15) is 12.1 Å². The zero-order valence-electron chi connectivity index (χ0n) is 9.44. The second-order valence-electron chi connectivity index (χ2n) is 3.92. The molecule has 0 bridgehead atoms. The summed E-state index contributed by atoms with van der Waals surface area (Å²) in [6, 6.07) is -1.54. The van der Waals surface area contributed by atoms with Crippen LogP contribution in [0.15, 0.2) is 12.7 Å². The van der Waals surface area contributed by atoms with Crippen molar-refractivity contribution in [3.63, 3.8) is 0 Å². The number of hydrogen-bond donors (Lipinski definition) is 3. The highest BCUT2D eigenvalue weighted by atomic mass is 16.4. The molecule has 0 unspecified atom stereocenters. The van der Waals surface area contributed by atoms with Gasteiger partial charge in [-0.3, -0.25) is 9.59 Å². The molecule has 6 heteroatoms. The molecule has 6 nitrogen and oxygen atoms in total. The molecule has 3 N–H and O–H groups in total. The molecule has 1 fully saturated rings. The molecule has 2 amide bonds. The molecule has 1 aliphatic rings. The number of allylic oxidation sites excluding steroid dienone is 1. The van der Waals surface area contributed by atoms with Crippen LogP contribution in [0.5, 0.6) is 0 Å². The van der Waals surface area contributed by atoms with Crippen LogP contribution in [0.25, 0.3) is 0 Å². The Hall–Kier alpha value is -1.85. The Balaban J connectivity index is 2.48. The molecule has 0 radical (unpaired) electrons. The normalized spacial score (nSPS) is 20.5. The predicted molar refractivity (Wildman–Crippen MR) is 60.2 cm³/mol. The summed E-state index contributed by atoms with van der Waals surface area (Å²) in [4.78, 5) is 33.5. The topological polar surface area (TPSA) is 95.5 Å². The largest absolute Gasteiger partial charge is 0.480 e. The molecule has 0 aromatic rings. The molecule has 0 aromatic heterocycles. The van der Waals surface area contributed by atoms with E-state index in [-0.39, 0.29) is 5.91 Å². The van der Waals surface area contributed by atoms with Gasteiger partial charge in [-0.05, 0) is 19.3 Å². The molecule has 94 valence electrons. The fourth-order valence-corrected chi connectivity index (χ4v) is 1.62. The lowest BCUT2D eigenvalue weighted by molar-refractivity contribution is -0.142. The van der Waals surface area contributed by atoms with Gasteiger partial charge in [0.15, 0.2) is 0 Å². The van der Waals surface area contributed by atoms with Crippen LogP contribution in [0, 0.1) is 0 Å². The summed E-state index contributed by atoms with van der Waals surface area (Å²) in [5.41, 5.74) is 0. The van der Waals surface area contributed by atoms with Gasteiger partial charge in [-0.1, -0.05) is 6.08 Å².